The Morgan fingerprint density at radius 1 is 1.29 bits per heavy atom. The minimum atomic E-state index is -0.184. The normalized spacial score (nSPS) is 10.8. The average Bonchev–Trinajstić information content (AvgIpc) is 2.32. The summed E-state index contributed by atoms with van der Waals surface area (Å²) in [5.41, 5.74) is 5.55. The molecule has 0 aliphatic rings. The van der Waals surface area contributed by atoms with E-state index in [2.05, 4.69) is 25.4 Å². The lowest BCUT2D eigenvalue weighted by molar-refractivity contribution is -0.123. The number of hydrogen-bond donors (Lipinski definition) is 2. The topological polar surface area (TPSA) is 55.1 Å². The molecule has 0 rings (SSSR count). The third-order valence-electron chi connectivity index (χ3n) is 3.15. The first-order valence-electron chi connectivity index (χ1n) is 6.14. The van der Waals surface area contributed by atoms with Gasteiger partial charge in [-0.2, -0.15) is 11.8 Å². The molecular formula is C12H27ClN2OS. The van der Waals surface area contributed by atoms with Crippen LogP contribution >= 0.6 is 24.2 Å². The summed E-state index contributed by atoms with van der Waals surface area (Å²) in [4.78, 5) is 11.7. The van der Waals surface area contributed by atoms with E-state index in [9.17, 15) is 4.79 Å². The average molecular weight is 283 g/mol. The predicted molar refractivity (Wildman–Crippen MR) is 80.0 cm³/mol. The van der Waals surface area contributed by atoms with Crippen LogP contribution in [0.2, 0.25) is 0 Å². The Balaban J connectivity index is 0. The summed E-state index contributed by atoms with van der Waals surface area (Å²) in [5, 5.41) is 3.09. The summed E-state index contributed by atoms with van der Waals surface area (Å²) in [6, 6.07) is 0. The second-order valence-corrected chi connectivity index (χ2v) is 5.18. The van der Waals surface area contributed by atoms with Crippen LogP contribution in [0.25, 0.3) is 0 Å². The predicted octanol–water partition coefficient (Wildman–Crippen LogP) is 2.58. The van der Waals surface area contributed by atoms with Crippen LogP contribution in [0.15, 0.2) is 0 Å². The zero-order chi connectivity index (χ0) is 12.4. The second-order valence-electron chi connectivity index (χ2n) is 4.19. The summed E-state index contributed by atoms with van der Waals surface area (Å²) in [6.45, 7) is 4.67. The van der Waals surface area contributed by atoms with Crippen molar-refractivity contribution in [2.45, 2.75) is 51.5 Å². The molecule has 0 aliphatic heterocycles. The number of thioether (sulfide) groups is 1. The van der Waals surface area contributed by atoms with E-state index in [4.69, 9.17) is 5.73 Å². The van der Waals surface area contributed by atoms with Gasteiger partial charge in [0.2, 0.25) is 5.91 Å². The number of halogens is 1. The highest BCUT2D eigenvalue weighted by Crippen LogP contribution is 2.14. The van der Waals surface area contributed by atoms with Crippen LogP contribution < -0.4 is 11.1 Å². The van der Waals surface area contributed by atoms with Crippen molar-refractivity contribution in [2.24, 2.45) is 5.73 Å². The monoisotopic (exact) mass is 282 g/mol. The van der Waals surface area contributed by atoms with Crippen LogP contribution in [-0.4, -0.2) is 30.0 Å². The van der Waals surface area contributed by atoms with E-state index < -0.39 is 0 Å². The van der Waals surface area contributed by atoms with Crippen LogP contribution in [0.5, 0.6) is 0 Å². The molecule has 0 saturated carbocycles. The van der Waals surface area contributed by atoms with E-state index in [1.54, 1.807) is 0 Å². The molecule has 0 fully saturated rings. The van der Waals surface area contributed by atoms with Gasteiger partial charge in [-0.25, -0.2) is 0 Å². The van der Waals surface area contributed by atoms with Crippen LogP contribution in [-0.2, 0) is 4.79 Å². The number of nitrogens with two attached hydrogens (primary N) is 1. The molecular weight excluding hydrogens is 256 g/mol. The van der Waals surface area contributed by atoms with Gasteiger partial charge in [0.1, 0.15) is 0 Å². The van der Waals surface area contributed by atoms with Crippen molar-refractivity contribution in [1.82, 2.24) is 5.32 Å². The highest BCUT2D eigenvalue weighted by Gasteiger charge is 2.25. The largest absolute Gasteiger partial charge is 0.349 e. The molecule has 0 aromatic carbocycles. The minimum Gasteiger partial charge on any atom is -0.349 e. The quantitative estimate of drug-likeness (QED) is 0.639. The smallest absolute Gasteiger partial charge is 0.220 e. The molecule has 0 aromatic rings. The summed E-state index contributed by atoms with van der Waals surface area (Å²) in [6.07, 6.45) is 6.60. The van der Waals surface area contributed by atoms with Gasteiger partial charge < -0.3 is 11.1 Å². The van der Waals surface area contributed by atoms with Gasteiger partial charge in [0, 0.05) is 13.0 Å². The number of nitrogens with one attached hydrogen (secondary N) is 1. The Morgan fingerprint density at radius 3 is 2.29 bits per heavy atom. The number of amides is 1. The molecule has 3 N–H and O–H groups in total. The molecule has 17 heavy (non-hydrogen) atoms. The maximum absolute atomic E-state index is 11.7. The lowest BCUT2D eigenvalue weighted by Crippen LogP contribution is -2.52. The molecule has 0 heterocycles. The van der Waals surface area contributed by atoms with Crippen molar-refractivity contribution in [3.63, 3.8) is 0 Å². The number of carbonyl (C=O) groups excluding carboxylic acids is 1. The molecule has 3 nitrogen and oxygen atoms in total. The number of hydrogen-bond acceptors (Lipinski definition) is 3. The van der Waals surface area contributed by atoms with Crippen molar-refractivity contribution in [2.75, 3.05) is 18.6 Å². The third-order valence-corrected chi connectivity index (χ3v) is 3.85. The molecule has 0 spiro atoms. The molecule has 0 unspecified atom stereocenters. The first-order valence-corrected chi connectivity index (χ1v) is 7.53. The maximum atomic E-state index is 11.7. The van der Waals surface area contributed by atoms with E-state index in [1.165, 1.54) is 0 Å². The van der Waals surface area contributed by atoms with Crippen molar-refractivity contribution < 1.29 is 4.79 Å². The second kappa shape index (κ2) is 11.2. The van der Waals surface area contributed by atoms with Crippen molar-refractivity contribution >= 4 is 30.1 Å². The maximum Gasteiger partial charge on any atom is 0.220 e. The lowest BCUT2D eigenvalue weighted by Gasteiger charge is -2.31. The fraction of sp³-hybridized carbons (Fsp3) is 0.917. The highest BCUT2D eigenvalue weighted by atomic mass is 35.5. The van der Waals surface area contributed by atoms with Gasteiger partial charge in [0.05, 0.1) is 5.54 Å². The molecule has 0 aliphatic carbocycles. The van der Waals surface area contributed by atoms with Crippen LogP contribution in [0.4, 0.5) is 0 Å². The Labute approximate surface area is 116 Å². The third kappa shape index (κ3) is 7.90. The highest BCUT2D eigenvalue weighted by molar-refractivity contribution is 7.98. The summed E-state index contributed by atoms with van der Waals surface area (Å²) in [5.74, 6) is 1.28. The van der Waals surface area contributed by atoms with Crippen LogP contribution in [0.3, 0.4) is 0 Å². The summed E-state index contributed by atoms with van der Waals surface area (Å²) in [7, 11) is 0. The first-order chi connectivity index (χ1) is 7.64. The molecule has 0 saturated heterocycles. The lowest BCUT2D eigenvalue weighted by atomic mass is 9.92. The Bertz CT molecular complexity index is 191. The molecule has 1 amide bonds. The molecule has 5 heteroatoms. The van der Waals surface area contributed by atoms with Crippen molar-refractivity contribution in [3.05, 3.63) is 0 Å². The van der Waals surface area contributed by atoms with E-state index in [1.807, 2.05) is 11.8 Å². The van der Waals surface area contributed by atoms with E-state index in [-0.39, 0.29) is 23.9 Å². The zero-order valence-electron chi connectivity index (χ0n) is 11.3. The minimum absolute atomic E-state index is 0. The fourth-order valence-electron chi connectivity index (χ4n) is 1.66. The first kappa shape index (κ1) is 19.4. The van der Waals surface area contributed by atoms with E-state index >= 15 is 0 Å². The van der Waals surface area contributed by atoms with Crippen molar-refractivity contribution in [3.8, 4) is 0 Å². The molecule has 0 radical (unpaired) electrons. The Kier molecular flexibility index (Phi) is 12.8. The van der Waals surface area contributed by atoms with E-state index in [0.29, 0.717) is 13.0 Å². The Hall–Kier alpha value is 0.0700. The molecule has 0 bridgehead atoms. The zero-order valence-corrected chi connectivity index (χ0v) is 12.9. The number of unbranched alkanes of at least 4 members (excludes halogenated alkanes) is 1. The molecule has 104 valence electrons. The van der Waals surface area contributed by atoms with Gasteiger partial charge in [0.15, 0.2) is 0 Å². The van der Waals surface area contributed by atoms with E-state index in [0.717, 1.165) is 31.4 Å². The molecule has 0 atom stereocenters. The van der Waals surface area contributed by atoms with Gasteiger partial charge in [-0.15, -0.1) is 12.4 Å². The number of carbonyl (C=O) groups is 1. The van der Waals surface area contributed by atoms with Crippen LogP contribution in [0.1, 0.15) is 46.0 Å². The van der Waals surface area contributed by atoms with Crippen LogP contribution in [0, 0.1) is 0 Å². The Morgan fingerprint density at radius 2 is 1.88 bits per heavy atom. The standard InChI is InChI=1S/C12H26N2OS.ClH/c1-4-12(5-2,10-13)14-11(15)8-6-7-9-16-3;/h4-10,13H2,1-3H3,(H,14,15);1H. The van der Waals surface area contributed by atoms with Crippen molar-refractivity contribution in [1.29, 1.82) is 0 Å². The van der Waals surface area contributed by atoms with Gasteiger partial charge in [-0.3, -0.25) is 4.79 Å². The van der Waals surface area contributed by atoms with Gasteiger partial charge in [-0.1, -0.05) is 13.8 Å². The number of rotatable bonds is 9. The van der Waals surface area contributed by atoms with Gasteiger partial charge in [0.25, 0.3) is 0 Å². The summed E-state index contributed by atoms with van der Waals surface area (Å²) < 4.78 is 0. The summed E-state index contributed by atoms with van der Waals surface area (Å²) >= 11 is 1.83. The molecule has 0 aromatic heterocycles. The van der Waals surface area contributed by atoms with Gasteiger partial charge >= 0.3 is 0 Å². The fourth-order valence-corrected chi connectivity index (χ4v) is 2.15. The van der Waals surface area contributed by atoms with Gasteiger partial charge in [-0.05, 0) is 37.7 Å². The SMILES string of the molecule is CCC(CC)(CN)NC(=O)CCCCSC.Cl.